The average Bonchev–Trinajstić information content (AvgIpc) is 3.32. The van der Waals surface area contributed by atoms with Crippen molar-refractivity contribution in [3.8, 4) is 0 Å². The van der Waals surface area contributed by atoms with Crippen LogP contribution in [0.4, 0.5) is 4.79 Å². The molecule has 0 fully saturated rings. The van der Waals surface area contributed by atoms with Crippen LogP contribution in [0.15, 0.2) is 42.9 Å². The first-order chi connectivity index (χ1) is 15.4. The van der Waals surface area contributed by atoms with Crippen molar-refractivity contribution in [3.05, 3.63) is 54.1 Å². The molecule has 2 atom stereocenters. The maximum Gasteiger partial charge on any atom is 0.407 e. The van der Waals surface area contributed by atoms with Crippen LogP contribution in [0.1, 0.15) is 11.3 Å². The van der Waals surface area contributed by atoms with Gasteiger partial charge in [-0.1, -0.05) is 30.3 Å². The summed E-state index contributed by atoms with van der Waals surface area (Å²) in [4.78, 5) is 55.0. The molecule has 1 heterocycles. The van der Waals surface area contributed by atoms with Gasteiger partial charge in [0.15, 0.2) is 6.04 Å². The minimum absolute atomic E-state index is 0.0232. The third kappa shape index (κ3) is 8.07. The fourth-order valence-corrected chi connectivity index (χ4v) is 2.59. The highest BCUT2D eigenvalue weighted by molar-refractivity contribution is 5.92. The molecule has 0 aliphatic rings. The molecule has 2 aromatic rings. The average molecular weight is 447 g/mol. The molecule has 0 aliphatic heterocycles. The lowest BCUT2D eigenvalue weighted by Gasteiger charge is -2.21. The second-order valence-electron chi connectivity index (χ2n) is 6.58. The van der Waals surface area contributed by atoms with Crippen molar-refractivity contribution >= 4 is 23.9 Å². The predicted octanol–water partition coefficient (Wildman–Crippen LogP) is -0.986. The highest BCUT2D eigenvalue weighted by Crippen LogP contribution is 2.02. The van der Waals surface area contributed by atoms with E-state index in [1.165, 1.54) is 12.5 Å². The summed E-state index contributed by atoms with van der Waals surface area (Å²) >= 11 is 0. The lowest BCUT2D eigenvalue weighted by molar-refractivity contribution is -0.146. The highest BCUT2D eigenvalue weighted by atomic mass is 16.5. The lowest BCUT2D eigenvalue weighted by Crippen LogP contribution is -2.55. The Morgan fingerprint density at radius 2 is 1.88 bits per heavy atom. The van der Waals surface area contributed by atoms with E-state index >= 15 is 0 Å². The zero-order chi connectivity index (χ0) is 23.3. The zero-order valence-corrected chi connectivity index (χ0v) is 17.4. The van der Waals surface area contributed by atoms with Crippen LogP contribution in [0.2, 0.25) is 0 Å². The Morgan fingerprint density at radius 1 is 1.12 bits per heavy atom. The number of aliphatic hydroxyl groups is 1. The zero-order valence-electron chi connectivity index (χ0n) is 17.4. The van der Waals surface area contributed by atoms with E-state index in [1.54, 1.807) is 24.3 Å². The smallest absolute Gasteiger partial charge is 0.407 e. The summed E-state index contributed by atoms with van der Waals surface area (Å²) in [6.07, 6.45) is 2.09. The van der Waals surface area contributed by atoms with Crippen LogP contribution in [0.5, 0.6) is 0 Å². The second kappa shape index (κ2) is 12.7. The maximum absolute atomic E-state index is 12.6. The van der Waals surface area contributed by atoms with Crippen LogP contribution < -0.4 is 16.0 Å². The van der Waals surface area contributed by atoms with Crippen molar-refractivity contribution < 1.29 is 33.8 Å². The molecular formula is C20H25N5O7. The Labute approximate surface area is 183 Å². The summed E-state index contributed by atoms with van der Waals surface area (Å²) < 4.78 is 9.53. The maximum atomic E-state index is 12.6. The second-order valence-corrected chi connectivity index (χ2v) is 6.58. The first-order valence-corrected chi connectivity index (χ1v) is 9.63. The topological polar surface area (TPSA) is 172 Å². The van der Waals surface area contributed by atoms with Crippen LogP contribution in [0.25, 0.3) is 0 Å². The van der Waals surface area contributed by atoms with E-state index in [9.17, 15) is 24.3 Å². The Morgan fingerprint density at radius 3 is 2.50 bits per heavy atom. The van der Waals surface area contributed by atoms with Gasteiger partial charge < -0.3 is 35.5 Å². The lowest BCUT2D eigenvalue weighted by atomic mass is 10.1. The number of rotatable bonds is 11. The number of methoxy groups -OCH3 is 1. The Bertz CT molecular complexity index is 889. The van der Waals surface area contributed by atoms with E-state index in [1.807, 2.05) is 6.07 Å². The van der Waals surface area contributed by atoms with Gasteiger partial charge in [0.25, 0.3) is 0 Å². The molecule has 0 aliphatic carbocycles. The number of ether oxygens (including phenoxy) is 2. The summed E-state index contributed by atoms with van der Waals surface area (Å²) in [5, 5.41) is 16.4. The number of amides is 3. The number of hydrogen-bond acceptors (Lipinski definition) is 8. The molecule has 0 saturated heterocycles. The molecule has 1 aromatic carbocycles. The molecule has 0 bridgehead atoms. The third-order valence-electron chi connectivity index (χ3n) is 4.22. The number of H-pyrrole nitrogens is 1. The van der Waals surface area contributed by atoms with Crippen LogP contribution in [-0.4, -0.2) is 71.3 Å². The number of aliphatic hydroxyl groups excluding tert-OH is 1. The quantitative estimate of drug-likeness (QED) is 0.273. The number of alkyl carbamates (subject to hydrolysis) is 1. The van der Waals surface area contributed by atoms with Crippen molar-refractivity contribution in [2.75, 3.05) is 20.3 Å². The van der Waals surface area contributed by atoms with Crippen molar-refractivity contribution in [1.82, 2.24) is 25.9 Å². The first kappa shape index (κ1) is 24.3. The number of hydrogen-bond donors (Lipinski definition) is 5. The van der Waals surface area contributed by atoms with Crippen LogP contribution in [-0.2, 0) is 36.9 Å². The molecular weight excluding hydrogens is 422 g/mol. The van der Waals surface area contributed by atoms with E-state index in [2.05, 4.69) is 30.7 Å². The number of nitrogens with one attached hydrogen (secondary N) is 4. The van der Waals surface area contributed by atoms with Gasteiger partial charge in [-0.15, -0.1) is 0 Å². The number of carbonyl (C=O) groups is 4. The number of imidazole rings is 1. The number of esters is 1. The molecule has 172 valence electrons. The van der Waals surface area contributed by atoms with Crippen molar-refractivity contribution in [2.45, 2.75) is 25.1 Å². The van der Waals surface area contributed by atoms with Crippen LogP contribution in [0, 0.1) is 0 Å². The Hall–Kier alpha value is -3.93. The molecule has 1 aromatic heterocycles. The van der Waals surface area contributed by atoms with Gasteiger partial charge in [0, 0.05) is 18.3 Å². The van der Waals surface area contributed by atoms with Gasteiger partial charge in [0.2, 0.25) is 11.8 Å². The van der Waals surface area contributed by atoms with Gasteiger partial charge in [0.05, 0.1) is 20.0 Å². The van der Waals surface area contributed by atoms with E-state index in [0.29, 0.717) is 5.69 Å². The number of benzene rings is 1. The molecule has 0 radical (unpaired) electrons. The molecule has 0 unspecified atom stereocenters. The number of aromatic amines is 1. The molecule has 0 spiro atoms. The van der Waals surface area contributed by atoms with E-state index in [4.69, 9.17) is 4.74 Å². The van der Waals surface area contributed by atoms with Crippen LogP contribution in [0.3, 0.4) is 0 Å². The number of nitrogens with zero attached hydrogens (tertiary/aromatic N) is 1. The fourth-order valence-electron chi connectivity index (χ4n) is 2.59. The van der Waals surface area contributed by atoms with E-state index in [0.717, 1.165) is 12.7 Å². The van der Waals surface area contributed by atoms with Gasteiger partial charge in [-0.3, -0.25) is 9.59 Å². The fraction of sp³-hybridized carbons (Fsp3) is 0.350. The normalized spacial score (nSPS) is 12.2. The Kier molecular flexibility index (Phi) is 9.66. The number of aromatic nitrogens is 2. The summed E-state index contributed by atoms with van der Waals surface area (Å²) in [7, 11) is 1.11. The predicted molar refractivity (Wildman–Crippen MR) is 110 cm³/mol. The van der Waals surface area contributed by atoms with Crippen LogP contribution >= 0.6 is 0 Å². The summed E-state index contributed by atoms with van der Waals surface area (Å²) in [6, 6.07) is 6.59. The van der Waals surface area contributed by atoms with Gasteiger partial charge >= 0.3 is 12.1 Å². The van der Waals surface area contributed by atoms with Gasteiger partial charge in [0.1, 0.15) is 19.2 Å². The molecule has 12 heteroatoms. The largest absolute Gasteiger partial charge is 0.467 e. The third-order valence-corrected chi connectivity index (χ3v) is 4.22. The summed E-state index contributed by atoms with van der Waals surface area (Å²) in [6.45, 7) is -1.09. The van der Waals surface area contributed by atoms with E-state index in [-0.39, 0.29) is 13.0 Å². The number of carbonyl (C=O) groups excluding carboxylic acids is 4. The van der Waals surface area contributed by atoms with Crippen molar-refractivity contribution in [3.63, 3.8) is 0 Å². The minimum atomic E-state index is -1.29. The monoisotopic (exact) mass is 447 g/mol. The molecule has 5 N–H and O–H groups in total. The van der Waals surface area contributed by atoms with Crippen molar-refractivity contribution in [2.24, 2.45) is 0 Å². The SMILES string of the molecule is COC(=O)[C@@H](CO)NC(=O)[C@@H](Cc1cnc[nH]1)NC(=O)CNC(=O)OCc1ccccc1. The molecule has 0 saturated carbocycles. The Balaban J connectivity index is 1.89. The minimum Gasteiger partial charge on any atom is -0.467 e. The summed E-state index contributed by atoms with van der Waals surface area (Å²) in [5.74, 6) is -2.24. The van der Waals surface area contributed by atoms with Gasteiger partial charge in [-0.2, -0.15) is 0 Å². The summed E-state index contributed by atoms with van der Waals surface area (Å²) in [5.41, 5.74) is 1.33. The molecule has 32 heavy (non-hydrogen) atoms. The van der Waals surface area contributed by atoms with Crippen molar-refractivity contribution in [1.29, 1.82) is 0 Å². The molecule has 3 amide bonds. The highest BCUT2D eigenvalue weighted by Gasteiger charge is 2.27. The van der Waals surface area contributed by atoms with Gasteiger partial charge in [-0.25, -0.2) is 14.6 Å². The molecule has 12 nitrogen and oxygen atoms in total. The van der Waals surface area contributed by atoms with Gasteiger partial charge in [-0.05, 0) is 5.56 Å². The first-order valence-electron chi connectivity index (χ1n) is 9.63. The molecule has 2 rings (SSSR count). The standard InChI is InChI=1S/C20H25N5O7/c1-31-19(29)16(10-26)25-18(28)15(7-14-8-21-12-23-14)24-17(27)9-22-20(30)32-11-13-5-3-2-4-6-13/h2-6,8,12,15-16,26H,7,9-11H2,1H3,(H,21,23)(H,22,30)(H,24,27)(H,25,28)/t15-,16-/m1/s1. The van der Waals surface area contributed by atoms with E-state index < -0.39 is 49.1 Å².